The summed E-state index contributed by atoms with van der Waals surface area (Å²) in [5.74, 6) is 0.0739. The van der Waals surface area contributed by atoms with Crippen LogP contribution in [0.25, 0.3) is 15.9 Å². The molecule has 1 N–H and O–H groups in total. The topological polar surface area (TPSA) is 72.2 Å². The molecule has 1 amide bonds. The van der Waals surface area contributed by atoms with Crippen molar-refractivity contribution in [3.63, 3.8) is 0 Å². The Balaban J connectivity index is 1.27. The highest BCUT2D eigenvalue weighted by Crippen LogP contribution is 2.22. The molecule has 7 heteroatoms. The summed E-state index contributed by atoms with van der Waals surface area (Å²) in [6.07, 6.45) is 2.90. The molecule has 0 radical (unpaired) electrons. The van der Waals surface area contributed by atoms with Gasteiger partial charge in [-0.1, -0.05) is 12.1 Å². The lowest BCUT2D eigenvalue weighted by molar-refractivity contribution is -0.121. The van der Waals surface area contributed by atoms with Crippen LogP contribution >= 0.6 is 11.3 Å². The number of aryl methyl sites for hydroxylation is 4. The van der Waals surface area contributed by atoms with E-state index in [9.17, 15) is 4.79 Å². The van der Waals surface area contributed by atoms with E-state index in [1.807, 2.05) is 49.6 Å². The van der Waals surface area contributed by atoms with Gasteiger partial charge in [0, 0.05) is 36.8 Å². The number of amides is 1. The Bertz CT molecular complexity index is 1140. The standard InChI is InChI=1S/C22H25N5OS/c1-14-13-20-24-15(2)17(16(3)27(20)26-14)10-11-21(28)23-12-6-9-22-25-18-7-4-5-8-19(18)29-22/h4-5,7-8,13H,6,9-12H2,1-3H3,(H,23,28). The molecule has 4 rings (SSSR count). The minimum Gasteiger partial charge on any atom is -0.356 e. The number of aromatic nitrogens is 4. The van der Waals surface area contributed by atoms with Gasteiger partial charge >= 0.3 is 0 Å². The van der Waals surface area contributed by atoms with Crippen LogP contribution in [-0.2, 0) is 17.6 Å². The van der Waals surface area contributed by atoms with E-state index in [-0.39, 0.29) is 5.91 Å². The Morgan fingerprint density at radius 2 is 1.97 bits per heavy atom. The van der Waals surface area contributed by atoms with E-state index in [4.69, 9.17) is 0 Å². The number of carbonyl (C=O) groups is 1. The third-order valence-electron chi connectivity index (χ3n) is 5.12. The van der Waals surface area contributed by atoms with Gasteiger partial charge in [0.15, 0.2) is 5.65 Å². The first kappa shape index (κ1) is 19.5. The van der Waals surface area contributed by atoms with E-state index < -0.39 is 0 Å². The van der Waals surface area contributed by atoms with Crippen molar-refractivity contribution in [2.45, 2.75) is 46.5 Å². The summed E-state index contributed by atoms with van der Waals surface area (Å²) in [7, 11) is 0. The summed E-state index contributed by atoms with van der Waals surface area (Å²) in [6.45, 7) is 6.67. The average Bonchev–Trinajstić information content (AvgIpc) is 3.27. The number of hydrogen-bond donors (Lipinski definition) is 1. The number of para-hydroxylation sites is 1. The third kappa shape index (κ3) is 4.29. The summed E-state index contributed by atoms with van der Waals surface area (Å²) in [5, 5.41) is 8.65. The van der Waals surface area contributed by atoms with Crippen LogP contribution in [-0.4, -0.2) is 32.0 Å². The molecule has 6 nitrogen and oxygen atoms in total. The molecular weight excluding hydrogens is 382 g/mol. The number of thiazole rings is 1. The van der Waals surface area contributed by atoms with Gasteiger partial charge in [0.05, 0.1) is 20.9 Å². The summed E-state index contributed by atoms with van der Waals surface area (Å²) in [4.78, 5) is 21.6. The van der Waals surface area contributed by atoms with Crippen LogP contribution in [0.15, 0.2) is 30.3 Å². The Morgan fingerprint density at radius 1 is 1.14 bits per heavy atom. The molecule has 0 bridgehead atoms. The maximum atomic E-state index is 12.3. The molecule has 0 aliphatic rings. The van der Waals surface area contributed by atoms with Crippen molar-refractivity contribution in [3.8, 4) is 0 Å². The fourth-order valence-corrected chi connectivity index (χ4v) is 4.63. The van der Waals surface area contributed by atoms with Gasteiger partial charge in [-0.05, 0) is 51.3 Å². The minimum absolute atomic E-state index is 0.0739. The van der Waals surface area contributed by atoms with E-state index in [2.05, 4.69) is 26.4 Å². The van der Waals surface area contributed by atoms with E-state index >= 15 is 0 Å². The fourth-order valence-electron chi connectivity index (χ4n) is 3.62. The Labute approximate surface area is 174 Å². The van der Waals surface area contributed by atoms with Gasteiger partial charge in [-0.25, -0.2) is 14.5 Å². The first-order valence-corrected chi connectivity index (χ1v) is 10.8. The van der Waals surface area contributed by atoms with E-state index in [0.29, 0.717) is 19.4 Å². The van der Waals surface area contributed by atoms with Crippen molar-refractivity contribution >= 4 is 33.1 Å². The molecule has 3 heterocycles. The zero-order valence-corrected chi connectivity index (χ0v) is 17.8. The molecule has 0 spiro atoms. The van der Waals surface area contributed by atoms with Crippen molar-refractivity contribution in [2.75, 3.05) is 6.54 Å². The Morgan fingerprint density at radius 3 is 2.79 bits per heavy atom. The number of carbonyl (C=O) groups excluding carboxylic acids is 1. The molecule has 1 aromatic carbocycles. The van der Waals surface area contributed by atoms with Gasteiger partial charge in [0.2, 0.25) is 5.91 Å². The lowest BCUT2D eigenvalue weighted by Crippen LogP contribution is -2.25. The number of hydrogen-bond acceptors (Lipinski definition) is 5. The Kier molecular flexibility index (Phi) is 5.58. The number of rotatable bonds is 7. The zero-order chi connectivity index (χ0) is 20.4. The van der Waals surface area contributed by atoms with Gasteiger partial charge in [0.1, 0.15) is 0 Å². The van der Waals surface area contributed by atoms with Gasteiger partial charge in [0.25, 0.3) is 0 Å². The maximum Gasteiger partial charge on any atom is 0.220 e. The first-order valence-electron chi connectivity index (χ1n) is 9.95. The van der Waals surface area contributed by atoms with E-state index in [1.54, 1.807) is 11.3 Å². The van der Waals surface area contributed by atoms with Crippen LogP contribution in [0.3, 0.4) is 0 Å². The highest BCUT2D eigenvalue weighted by atomic mass is 32.1. The summed E-state index contributed by atoms with van der Waals surface area (Å²) >= 11 is 1.73. The minimum atomic E-state index is 0.0739. The van der Waals surface area contributed by atoms with Crippen LogP contribution in [0.4, 0.5) is 0 Å². The highest BCUT2D eigenvalue weighted by Gasteiger charge is 2.13. The largest absolute Gasteiger partial charge is 0.356 e. The lowest BCUT2D eigenvalue weighted by atomic mass is 10.1. The SMILES string of the molecule is Cc1cc2nc(C)c(CCC(=O)NCCCc3nc4ccccc4s3)c(C)n2n1. The van der Waals surface area contributed by atoms with E-state index in [1.165, 1.54) is 4.70 Å². The predicted octanol–water partition coefficient (Wildman–Crippen LogP) is 3.95. The molecule has 0 unspecified atom stereocenters. The fraction of sp³-hybridized carbons (Fsp3) is 0.364. The molecule has 0 fully saturated rings. The average molecular weight is 408 g/mol. The molecule has 29 heavy (non-hydrogen) atoms. The number of fused-ring (bicyclic) bond motifs is 2. The normalized spacial score (nSPS) is 11.4. The number of nitrogens with zero attached hydrogens (tertiary/aromatic N) is 4. The van der Waals surface area contributed by atoms with Crippen molar-refractivity contribution in [1.82, 2.24) is 24.9 Å². The molecular formula is C22H25N5OS. The predicted molar refractivity (Wildman–Crippen MR) is 116 cm³/mol. The second-order valence-corrected chi connectivity index (χ2v) is 8.46. The van der Waals surface area contributed by atoms with Gasteiger partial charge in [-0.15, -0.1) is 11.3 Å². The van der Waals surface area contributed by atoms with Crippen molar-refractivity contribution in [2.24, 2.45) is 0 Å². The second-order valence-electron chi connectivity index (χ2n) is 7.35. The van der Waals surface area contributed by atoms with Gasteiger partial charge in [-0.3, -0.25) is 4.79 Å². The zero-order valence-electron chi connectivity index (χ0n) is 17.0. The van der Waals surface area contributed by atoms with E-state index in [0.717, 1.165) is 51.7 Å². The lowest BCUT2D eigenvalue weighted by Gasteiger charge is -2.11. The van der Waals surface area contributed by atoms with Gasteiger partial charge < -0.3 is 5.32 Å². The number of nitrogens with one attached hydrogen (secondary N) is 1. The quantitative estimate of drug-likeness (QED) is 0.471. The highest BCUT2D eigenvalue weighted by molar-refractivity contribution is 7.18. The Hall–Kier alpha value is -2.80. The molecule has 0 saturated carbocycles. The third-order valence-corrected chi connectivity index (χ3v) is 6.21. The molecule has 150 valence electrons. The van der Waals surface area contributed by atoms with Crippen molar-refractivity contribution in [1.29, 1.82) is 0 Å². The summed E-state index contributed by atoms with van der Waals surface area (Å²) in [5.41, 5.74) is 6.00. The number of benzene rings is 1. The molecule has 0 atom stereocenters. The van der Waals surface area contributed by atoms with Crippen LogP contribution in [0, 0.1) is 20.8 Å². The smallest absolute Gasteiger partial charge is 0.220 e. The summed E-state index contributed by atoms with van der Waals surface area (Å²) in [6, 6.07) is 10.2. The van der Waals surface area contributed by atoms with Crippen LogP contribution in [0.5, 0.6) is 0 Å². The first-order chi connectivity index (χ1) is 14.0. The molecule has 0 aliphatic carbocycles. The van der Waals surface area contributed by atoms with Crippen LogP contribution < -0.4 is 5.32 Å². The second kappa shape index (κ2) is 8.29. The van der Waals surface area contributed by atoms with Crippen LogP contribution in [0.2, 0.25) is 0 Å². The molecule has 4 aromatic rings. The van der Waals surface area contributed by atoms with Gasteiger partial charge in [-0.2, -0.15) is 5.10 Å². The van der Waals surface area contributed by atoms with Crippen molar-refractivity contribution < 1.29 is 4.79 Å². The maximum absolute atomic E-state index is 12.3. The molecule has 0 saturated heterocycles. The van der Waals surface area contributed by atoms with Crippen molar-refractivity contribution in [3.05, 3.63) is 58.0 Å². The molecule has 3 aromatic heterocycles. The summed E-state index contributed by atoms with van der Waals surface area (Å²) < 4.78 is 3.09. The van der Waals surface area contributed by atoms with Crippen LogP contribution in [0.1, 0.15) is 40.5 Å². The molecule has 0 aliphatic heterocycles. The monoisotopic (exact) mass is 407 g/mol.